The van der Waals surface area contributed by atoms with Gasteiger partial charge < -0.3 is 14.2 Å². The van der Waals surface area contributed by atoms with Crippen LogP contribution in [-0.2, 0) is 11.2 Å². The van der Waals surface area contributed by atoms with E-state index in [1.807, 2.05) is 59.5 Å². The number of ether oxygens (including phenoxy) is 1. The lowest BCUT2D eigenvalue weighted by molar-refractivity contribution is -0.137. The number of amides is 1. The van der Waals surface area contributed by atoms with Crippen molar-refractivity contribution in [2.24, 2.45) is 0 Å². The summed E-state index contributed by atoms with van der Waals surface area (Å²) in [6, 6.07) is 17.8. The average Bonchev–Trinajstić information content (AvgIpc) is 3.16. The van der Waals surface area contributed by atoms with Crippen molar-refractivity contribution in [2.45, 2.75) is 31.6 Å². The summed E-state index contributed by atoms with van der Waals surface area (Å²) in [5.74, 6) is 2.22. The van der Waals surface area contributed by atoms with E-state index in [0.29, 0.717) is 31.2 Å². The van der Waals surface area contributed by atoms with Crippen LogP contribution in [0.4, 0.5) is 0 Å². The van der Waals surface area contributed by atoms with Gasteiger partial charge in [0.2, 0.25) is 11.8 Å². The van der Waals surface area contributed by atoms with Crippen molar-refractivity contribution < 1.29 is 14.1 Å². The van der Waals surface area contributed by atoms with Crippen LogP contribution < -0.4 is 4.74 Å². The van der Waals surface area contributed by atoms with Gasteiger partial charge in [-0.1, -0.05) is 60.6 Å². The summed E-state index contributed by atoms with van der Waals surface area (Å²) in [5.41, 5.74) is 2.08. The number of carbonyl (C=O) groups is 1. The molecule has 0 N–H and O–H groups in total. The number of hydrogen-bond acceptors (Lipinski definition) is 5. The highest BCUT2D eigenvalue weighted by atomic mass is 16.5. The van der Waals surface area contributed by atoms with Crippen LogP contribution in [-0.4, -0.2) is 41.1 Å². The Morgan fingerprint density at radius 2 is 1.90 bits per heavy atom. The van der Waals surface area contributed by atoms with Crippen molar-refractivity contribution in [1.29, 1.82) is 0 Å². The third-order valence-electron chi connectivity index (χ3n) is 5.48. The SMILES string of the molecule is CCC(C(=O)N1CC(c2nc(Cc3ccccc3OC)no2)C1)c1ccccc1. The number of nitrogens with zero attached hydrogens (tertiary/aromatic N) is 3. The molecular weight excluding hydrogens is 366 g/mol. The second-order valence-electron chi connectivity index (χ2n) is 7.35. The highest BCUT2D eigenvalue weighted by Gasteiger charge is 2.38. The van der Waals surface area contributed by atoms with E-state index in [0.717, 1.165) is 23.3 Å². The van der Waals surface area contributed by atoms with Crippen molar-refractivity contribution in [3.63, 3.8) is 0 Å². The summed E-state index contributed by atoms with van der Waals surface area (Å²) in [6.07, 6.45) is 1.34. The number of rotatable bonds is 7. The molecule has 1 aliphatic heterocycles. The molecule has 0 spiro atoms. The second kappa shape index (κ2) is 8.47. The minimum atomic E-state index is -0.0964. The molecule has 1 unspecified atom stereocenters. The summed E-state index contributed by atoms with van der Waals surface area (Å²) in [7, 11) is 1.65. The lowest BCUT2D eigenvalue weighted by atomic mass is 9.91. The van der Waals surface area contributed by atoms with Crippen molar-refractivity contribution in [1.82, 2.24) is 15.0 Å². The van der Waals surface area contributed by atoms with Crippen molar-refractivity contribution in [2.75, 3.05) is 20.2 Å². The van der Waals surface area contributed by atoms with Crippen LogP contribution in [0.25, 0.3) is 0 Å². The largest absolute Gasteiger partial charge is 0.496 e. The Morgan fingerprint density at radius 3 is 2.62 bits per heavy atom. The zero-order valence-corrected chi connectivity index (χ0v) is 16.7. The first kappa shape index (κ1) is 19.2. The van der Waals surface area contributed by atoms with Gasteiger partial charge in [0.1, 0.15) is 5.75 Å². The molecule has 3 aromatic rings. The number of aromatic nitrogens is 2. The first-order chi connectivity index (χ1) is 14.2. The fourth-order valence-corrected chi connectivity index (χ4v) is 3.80. The first-order valence-corrected chi connectivity index (χ1v) is 9.97. The van der Waals surface area contributed by atoms with E-state index in [9.17, 15) is 4.79 Å². The Balaban J connectivity index is 1.37. The molecule has 0 bridgehead atoms. The van der Waals surface area contributed by atoms with Crippen LogP contribution >= 0.6 is 0 Å². The molecule has 0 radical (unpaired) electrons. The average molecular weight is 391 g/mol. The van der Waals surface area contributed by atoms with E-state index in [4.69, 9.17) is 9.26 Å². The number of hydrogen-bond donors (Lipinski definition) is 0. The predicted molar refractivity (Wildman–Crippen MR) is 109 cm³/mol. The number of para-hydroxylation sites is 1. The number of benzene rings is 2. The fourth-order valence-electron chi connectivity index (χ4n) is 3.80. The van der Waals surface area contributed by atoms with Gasteiger partial charge in [-0.25, -0.2) is 0 Å². The molecule has 1 atom stereocenters. The minimum Gasteiger partial charge on any atom is -0.496 e. The molecule has 0 saturated carbocycles. The maximum Gasteiger partial charge on any atom is 0.233 e. The molecule has 1 aliphatic rings. The molecule has 1 saturated heterocycles. The van der Waals surface area contributed by atoms with E-state index in [1.165, 1.54) is 0 Å². The van der Waals surface area contributed by atoms with Crippen LogP contribution in [0, 0.1) is 0 Å². The molecule has 6 nitrogen and oxygen atoms in total. The van der Waals surface area contributed by atoms with Gasteiger partial charge in [-0.05, 0) is 18.1 Å². The molecule has 1 amide bonds. The number of methoxy groups -OCH3 is 1. The topological polar surface area (TPSA) is 68.5 Å². The summed E-state index contributed by atoms with van der Waals surface area (Å²) >= 11 is 0. The third-order valence-corrected chi connectivity index (χ3v) is 5.48. The molecule has 4 rings (SSSR count). The van der Waals surface area contributed by atoms with Gasteiger partial charge in [0, 0.05) is 25.1 Å². The van der Waals surface area contributed by atoms with E-state index >= 15 is 0 Å². The lowest BCUT2D eigenvalue weighted by Gasteiger charge is -2.39. The molecule has 2 heterocycles. The molecule has 0 aliphatic carbocycles. The minimum absolute atomic E-state index is 0.0964. The van der Waals surface area contributed by atoms with Gasteiger partial charge >= 0.3 is 0 Å². The van der Waals surface area contributed by atoms with Gasteiger partial charge in [-0.3, -0.25) is 4.79 Å². The van der Waals surface area contributed by atoms with Gasteiger partial charge in [0.15, 0.2) is 5.82 Å². The molecule has 2 aromatic carbocycles. The normalized spacial score (nSPS) is 15.0. The molecule has 1 fully saturated rings. The number of likely N-dealkylation sites (tertiary alicyclic amines) is 1. The molecule has 150 valence electrons. The van der Waals surface area contributed by atoms with Crippen molar-refractivity contribution >= 4 is 5.91 Å². The highest BCUT2D eigenvalue weighted by molar-refractivity contribution is 5.84. The maximum atomic E-state index is 12.9. The Kier molecular flexibility index (Phi) is 5.60. The summed E-state index contributed by atoms with van der Waals surface area (Å²) in [6.45, 7) is 3.30. The lowest BCUT2D eigenvalue weighted by Crippen LogP contribution is -2.50. The third kappa shape index (κ3) is 4.01. The molecule has 29 heavy (non-hydrogen) atoms. The summed E-state index contributed by atoms with van der Waals surface area (Å²) in [4.78, 5) is 19.3. The summed E-state index contributed by atoms with van der Waals surface area (Å²) in [5, 5.41) is 4.11. The maximum absolute atomic E-state index is 12.9. The van der Waals surface area contributed by atoms with Crippen LogP contribution in [0.5, 0.6) is 5.75 Å². The monoisotopic (exact) mass is 391 g/mol. The van der Waals surface area contributed by atoms with Crippen LogP contribution in [0.1, 0.15) is 48.0 Å². The Hall–Kier alpha value is -3.15. The highest BCUT2D eigenvalue weighted by Crippen LogP contribution is 2.31. The predicted octanol–water partition coefficient (Wildman–Crippen LogP) is 3.79. The first-order valence-electron chi connectivity index (χ1n) is 9.97. The Bertz CT molecular complexity index is 964. The van der Waals surface area contributed by atoms with E-state index in [1.54, 1.807) is 7.11 Å². The van der Waals surface area contributed by atoms with E-state index in [2.05, 4.69) is 17.1 Å². The van der Waals surface area contributed by atoms with Crippen LogP contribution in [0.15, 0.2) is 59.1 Å². The van der Waals surface area contributed by atoms with Gasteiger partial charge in [-0.2, -0.15) is 4.98 Å². The zero-order chi connectivity index (χ0) is 20.2. The standard InChI is InChI=1S/C23H25N3O3/c1-3-19(16-9-5-4-6-10-16)23(27)26-14-18(15-26)22-24-21(25-29-22)13-17-11-7-8-12-20(17)28-2/h4-12,18-19H,3,13-15H2,1-2H3. The fraction of sp³-hybridized carbons (Fsp3) is 0.348. The molecule has 6 heteroatoms. The van der Waals surface area contributed by atoms with Crippen molar-refractivity contribution in [3.05, 3.63) is 77.4 Å². The Morgan fingerprint density at radius 1 is 1.17 bits per heavy atom. The second-order valence-corrected chi connectivity index (χ2v) is 7.35. The smallest absolute Gasteiger partial charge is 0.233 e. The van der Waals surface area contributed by atoms with Crippen molar-refractivity contribution in [3.8, 4) is 5.75 Å². The Labute approximate surface area is 170 Å². The quantitative estimate of drug-likeness (QED) is 0.613. The van der Waals surface area contributed by atoms with Gasteiger partial charge in [0.25, 0.3) is 0 Å². The molecular formula is C23H25N3O3. The summed E-state index contributed by atoms with van der Waals surface area (Å²) < 4.78 is 10.9. The van der Waals surface area contributed by atoms with Gasteiger partial charge in [-0.15, -0.1) is 0 Å². The number of carbonyl (C=O) groups excluding carboxylic acids is 1. The van der Waals surface area contributed by atoms with Crippen LogP contribution in [0.3, 0.4) is 0 Å². The molecule has 1 aromatic heterocycles. The van der Waals surface area contributed by atoms with Gasteiger partial charge in [0.05, 0.1) is 18.9 Å². The van der Waals surface area contributed by atoms with Crippen LogP contribution in [0.2, 0.25) is 0 Å². The van der Waals surface area contributed by atoms with E-state index in [-0.39, 0.29) is 17.7 Å². The zero-order valence-electron chi connectivity index (χ0n) is 16.7. The van der Waals surface area contributed by atoms with E-state index < -0.39 is 0 Å².